The quantitative estimate of drug-likeness (QED) is 0.662. The molecular weight excluding hydrogens is 203 g/mol. The molecule has 2 rings (SSSR count). The van der Waals surface area contributed by atoms with Gasteiger partial charge in [-0.25, -0.2) is 0 Å². The van der Waals surface area contributed by atoms with Gasteiger partial charge in [0.1, 0.15) is 0 Å². The van der Waals surface area contributed by atoms with Crippen molar-refractivity contribution in [3.63, 3.8) is 0 Å². The number of rotatable bonds is 1. The lowest BCUT2D eigenvalue weighted by atomic mass is 10.1. The maximum atomic E-state index is 4.17. The zero-order valence-corrected chi connectivity index (χ0v) is 9.91. The lowest BCUT2D eigenvalue weighted by molar-refractivity contribution is 0.488. The van der Waals surface area contributed by atoms with Crippen LogP contribution in [0.2, 0.25) is 0 Å². The van der Waals surface area contributed by atoms with Crippen LogP contribution in [0.25, 0.3) is 11.1 Å². The van der Waals surface area contributed by atoms with Crippen LogP contribution in [0.5, 0.6) is 0 Å². The molecule has 0 N–H and O–H groups in total. The Bertz CT molecular complexity index is 321. The van der Waals surface area contributed by atoms with E-state index in [2.05, 4.69) is 62.5 Å². The van der Waals surface area contributed by atoms with Gasteiger partial charge in [-0.05, 0) is 20.6 Å². The summed E-state index contributed by atoms with van der Waals surface area (Å²) in [6.45, 7) is 0. The lowest BCUT2D eigenvalue weighted by Gasteiger charge is -1.98. The normalized spacial score (nSPS) is 8.93. The predicted octanol–water partition coefficient (Wildman–Crippen LogP) is 3.78. The second-order valence-electron chi connectivity index (χ2n) is 2.97. The van der Waals surface area contributed by atoms with E-state index in [0.717, 1.165) is 0 Å². The molecule has 0 aliphatic rings. The van der Waals surface area contributed by atoms with Gasteiger partial charge in [0, 0.05) is 7.11 Å². The summed E-state index contributed by atoms with van der Waals surface area (Å²) < 4.78 is 4.17. The fourth-order valence-electron chi connectivity index (χ4n) is 1.26. The summed E-state index contributed by atoms with van der Waals surface area (Å²) in [6, 6.07) is 20.8. The number of benzene rings is 2. The minimum absolute atomic E-state index is 1.28. The van der Waals surface area contributed by atoms with E-state index in [1.54, 1.807) is 7.11 Å². The summed E-state index contributed by atoms with van der Waals surface area (Å²) >= 11 is 0. The molecule has 0 amide bonds. The van der Waals surface area contributed by atoms with Gasteiger partial charge >= 0.3 is 0 Å². The molecule has 78 valence electrons. The molecule has 1 atom stereocenters. The Balaban J connectivity index is 0.000000337. The topological polar surface area (TPSA) is 9.23 Å². The Morgan fingerprint density at radius 2 is 1.00 bits per heavy atom. The van der Waals surface area contributed by atoms with E-state index >= 15 is 0 Å². The van der Waals surface area contributed by atoms with Crippen LogP contribution in [0.4, 0.5) is 0 Å². The molecule has 0 saturated heterocycles. The maximum Gasteiger partial charge on any atom is 0.0391 e. The first-order valence-corrected chi connectivity index (χ1v) is 5.19. The summed E-state index contributed by atoms with van der Waals surface area (Å²) in [6.07, 6.45) is 0. The maximum absolute atomic E-state index is 4.17. The molecule has 2 aromatic rings. The van der Waals surface area contributed by atoms with Gasteiger partial charge in [0.15, 0.2) is 0 Å². The molecule has 0 aliphatic carbocycles. The monoisotopic (exact) mass is 218 g/mol. The molecule has 0 fully saturated rings. The molecule has 0 spiro atoms. The van der Waals surface area contributed by atoms with E-state index in [0.29, 0.717) is 0 Å². The predicted molar refractivity (Wildman–Crippen MR) is 68.6 cm³/mol. The van der Waals surface area contributed by atoms with Crippen molar-refractivity contribution < 1.29 is 4.52 Å². The molecule has 1 unspecified atom stereocenters. The van der Waals surface area contributed by atoms with Crippen LogP contribution < -0.4 is 0 Å². The first kappa shape index (κ1) is 11.9. The molecular formula is C13H15OP. The van der Waals surface area contributed by atoms with Gasteiger partial charge in [0.05, 0.1) is 0 Å². The summed E-state index contributed by atoms with van der Waals surface area (Å²) in [5.41, 5.74) is 2.55. The molecule has 0 aliphatic heterocycles. The highest BCUT2D eigenvalue weighted by atomic mass is 31.0. The van der Waals surface area contributed by atoms with Gasteiger partial charge in [-0.1, -0.05) is 60.7 Å². The van der Waals surface area contributed by atoms with E-state index in [9.17, 15) is 0 Å². The van der Waals surface area contributed by atoms with E-state index < -0.39 is 0 Å². The standard InChI is InChI=1S/C12H10.CH5OP/c1-3-7-11(8-4-1)12-9-5-2-6-10-12;1-2-3/h1-10H;3H2,1H3. The Morgan fingerprint density at radius 3 is 1.27 bits per heavy atom. The van der Waals surface area contributed by atoms with Crippen molar-refractivity contribution in [2.24, 2.45) is 0 Å². The summed E-state index contributed by atoms with van der Waals surface area (Å²) in [7, 11) is 3.67. The van der Waals surface area contributed by atoms with Gasteiger partial charge in [-0.15, -0.1) is 0 Å². The van der Waals surface area contributed by atoms with E-state index in [1.165, 1.54) is 11.1 Å². The van der Waals surface area contributed by atoms with Crippen LogP contribution in [-0.4, -0.2) is 7.11 Å². The highest BCUT2D eigenvalue weighted by Crippen LogP contribution is 2.17. The number of hydrogen-bond donors (Lipinski definition) is 0. The van der Waals surface area contributed by atoms with Gasteiger partial charge in [0.25, 0.3) is 0 Å². The molecule has 0 radical (unpaired) electrons. The van der Waals surface area contributed by atoms with Crippen molar-refractivity contribution in [1.29, 1.82) is 0 Å². The minimum atomic E-state index is 1.28. The average molecular weight is 218 g/mol. The Morgan fingerprint density at radius 1 is 0.733 bits per heavy atom. The molecule has 2 heteroatoms. The van der Waals surface area contributed by atoms with Crippen LogP contribution in [0.1, 0.15) is 0 Å². The highest BCUT2D eigenvalue weighted by Gasteiger charge is 1.91. The fraction of sp³-hybridized carbons (Fsp3) is 0.0769. The fourth-order valence-corrected chi connectivity index (χ4v) is 1.26. The average Bonchev–Trinajstić information content (AvgIpc) is 2.32. The zero-order chi connectivity index (χ0) is 10.9. The van der Waals surface area contributed by atoms with Crippen molar-refractivity contribution in [3.8, 4) is 11.1 Å². The van der Waals surface area contributed by atoms with Crippen LogP contribution in [0.3, 0.4) is 0 Å². The summed E-state index contributed by atoms with van der Waals surface area (Å²) in [5.74, 6) is 0. The Kier molecular flexibility index (Phi) is 5.69. The molecule has 15 heavy (non-hydrogen) atoms. The SMILES string of the molecule is COP.c1ccc(-c2ccccc2)cc1. The van der Waals surface area contributed by atoms with Crippen molar-refractivity contribution in [2.75, 3.05) is 7.11 Å². The van der Waals surface area contributed by atoms with Gasteiger partial charge in [-0.2, -0.15) is 0 Å². The molecule has 0 aromatic heterocycles. The Hall–Kier alpha value is -1.17. The Labute approximate surface area is 93.4 Å². The zero-order valence-electron chi connectivity index (χ0n) is 8.76. The second-order valence-corrected chi connectivity index (χ2v) is 3.44. The van der Waals surface area contributed by atoms with Crippen molar-refractivity contribution in [1.82, 2.24) is 0 Å². The smallest absolute Gasteiger partial charge is 0.0391 e. The van der Waals surface area contributed by atoms with E-state index in [1.807, 2.05) is 12.1 Å². The van der Waals surface area contributed by atoms with Crippen molar-refractivity contribution in [3.05, 3.63) is 60.7 Å². The first-order chi connectivity index (χ1) is 7.38. The molecule has 1 nitrogen and oxygen atoms in total. The molecule has 0 heterocycles. The molecule has 0 saturated carbocycles. The van der Waals surface area contributed by atoms with Crippen LogP contribution in [0.15, 0.2) is 60.7 Å². The lowest BCUT2D eigenvalue weighted by Crippen LogP contribution is -1.73. The third-order valence-corrected chi connectivity index (χ3v) is 1.88. The third kappa shape index (κ3) is 4.24. The van der Waals surface area contributed by atoms with Crippen LogP contribution in [-0.2, 0) is 4.52 Å². The van der Waals surface area contributed by atoms with E-state index in [4.69, 9.17) is 0 Å². The summed E-state index contributed by atoms with van der Waals surface area (Å²) in [4.78, 5) is 0. The largest absolute Gasteiger partial charge is 0.369 e. The van der Waals surface area contributed by atoms with E-state index in [-0.39, 0.29) is 0 Å². The van der Waals surface area contributed by atoms with Crippen LogP contribution in [0, 0.1) is 0 Å². The van der Waals surface area contributed by atoms with Crippen molar-refractivity contribution >= 4 is 9.47 Å². The van der Waals surface area contributed by atoms with Gasteiger partial charge in [-0.3, -0.25) is 0 Å². The summed E-state index contributed by atoms with van der Waals surface area (Å²) in [5, 5.41) is 0. The molecule has 2 aromatic carbocycles. The first-order valence-electron chi connectivity index (χ1n) is 4.72. The molecule has 0 bridgehead atoms. The highest BCUT2D eigenvalue weighted by molar-refractivity contribution is 7.09. The third-order valence-electron chi connectivity index (χ3n) is 1.88. The van der Waals surface area contributed by atoms with Crippen LogP contribution >= 0.6 is 9.47 Å². The van der Waals surface area contributed by atoms with Crippen molar-refractivity contribution in [2.45, 2.75) is 0 Å². The van der Waals surface area contributed by atoms with Gasteiger partial charge < -0.3 is 4.52 Å². The number of hydrogen-bond acceptors (Lipinski definition) is 1. The minimum Gasteiger partial charge on any atom is -0.369 e. The second kappa shape index (κ2) is 7.17. The van der Waals surface area contributed by atoms with Gasteiger partial charge in [0.2, 0.25) is 0 Å².